The van der Waals surface area contributed by atoms with Crippen LogP contribution in [-0.2, 0) is 10.0 Å². The minimum absolute atomic E-state index is 0.0435. The molecule has 174 valence electrons. The molecule has 33 heavy (non-hydrogen) atoms. The number of hydrogen-bond acceptors (Lipinski definition) is 6. The number of nitrogens with zero attached hydrogens (tertiary/aromatic N) is 5. The van der Waals surface area contributed by atoms with Crippen LogP contribution in [0.2, 0.25) is 0 Å². The molecule has 0 atom stereocenters. The third kappa shape index (κ3) is 4.87. The van der Waals surface area contributed by atoms with Gasteiger partial charge in [-0.05, 0) is 49.2 Å². The summed E-state index contributed by atoms with van der Waals surface area (Å²) in [5, 5.41) is 9.30. The number of rotatable bonds is 5. The summed E-state index contributed by atoms with van der Waals surface area (Å²) in [6.07, 6.45) is 6.73. The van der Waals surface area contributed by atoms with Crippen molar-refractivity contribution < 1.29 is 13.2 Å². The quantitative estimate of drug-likeness (QED) is 0.671. The van der Waals surface area contributed by atoms with Gasteiger partial charge in [0.15, 0.2) is 0 Å². The van der Waals surface area contributed by atoms with Crippen molar-refractivity contribution in [3.63, 3.8) is 0 Å². The lowest BCUT2D eigenvalue weighted by Crippen LogP contribution is -2.49. The highest BCUT2D eigenvalue weighted by molar-refractivity contribution is 7.89. The van der Waals surface area contributed by atoms with Crippen LogP contribution in [0.5, 0.6) is 0 Å². The van der Waals surface area contributed by atoms with Crippen molar-refractivity contribution in [3.05, 3.63) is 53.7 Å². The predicted octanol–water partition coefficient (Wildman–Crippen LogP) is 2.87. The molecule has 0 radical (unpaired) electrons. The first kappa shape index (κ1) is 23.2. The average molecular weight is 468 g/mol. The van der Waals surface area contributed by atoms with Crippen LogP contribution in [0.15, 0.2) is 47.5 Å². The second-order valence-electron chi connectivity index (χ2n) is 8.60. The molecule has 0 bridgehead atoms. The number of benzene rings is 1. The minimum atomic E-state index is -3.58. The van der Waals surface area contributed by atoms with E-state index in [2.05, 4.69) is 11.1 Å². The Labute approximate surface area is 195 Å². The Morgan fingerprint density at radius 3 is 2.36 bits per heavy atom. The number of aromatic nitrogens is 1. The fourth-order valence-electron chi connectivity index (χ4n) is 4.62. The van der Waals surface area contributed by atoms with E-state index in [1.165, 1.54) is 16.4 Å². The molecule has 1 aliphatic carbocycles. The number of piperazine rings is 1. The molecule has 1 aromatic carbocycles. The average Bonchev–Trinajstić information content (AvgIpc) is 2.88. The summed E-state index contributed by atoms with van der Waals surface area (Å²) in [7, 11) is -1.93. The van der Waals surface area contributed by atoms with E-state index in [1.54, 1.807) is 42.4 Å². The molecule has 2 heterocycles. The maximum Gasteiger partial charge on any atom is 0.253 e. The summed E-state index contributed by atoms with van der Waals surface area (Å²) in [6, 6.07) is 11.9. The maximum atomic E-state index is 13.0. The highest BCUT2D eigenvalue weighted by Crippen LogP contribution is 2.27. The molecule has 0 spiro atoms. The Morgan fingerprint density at radius 1 is 1.06 bits per heavy atom. The molecule has 1 saturated carbocycles. The standard InChI is InChI=1S/C24H29N5O3S/c1-27(21-7-3-2-4-8-21)33(31,32)22-11-9-19(10-12-22)24(30)29-16-14-28(15-17-29)23-20(18-25)6-5-13-26-23/h5-6,9-13,21H,2-4,7-8,14-17H2,1H3. The molecular formula is C24H29N5O3S. The van der Waals surface area contributed by atoms with Crippen molar-refractivity contribution in [2.24, 2.45) is 0 Å². The number of anilines is 1. The molecule has 2 fully saturated rings. The number of nitriles is 1. The van der Waals surface area contributed by atoms with E-state index in [-0.39, 0.29) is 16.8 Å². The molecule has 0 unspecified atom stereocenters. The van der Waals surface area contributed by atoms with Crippen molar-refractivity contribution in [1.29, 1.82) is 5.26 Å². The summed E-state index contributed by atoms with van der Waals surface area (Å²) in [5.74, 6) is 0.518. The molecule has 2 aromatic rings. The molecule has 0 N–H and O–H groups in total. The van der Waals surface area contributed by atoms with Crippen molar-refractivity contribution in [2.75, 3.05) is 38.1 Å². The van der Waals surface area contributed by atoms with E-state index in [1.807, 2.05) is 4.90 Å². The first-order valence-corrected chi connectivity index (χ1v) is 12.8. The molecule has 1 amide bonds. The Kier molecular flexibility index (Phi) is 6.96. The molecular weight excluding hydrogens is 438 g/mol. The van der Waals surface area contributed by atoms with Crippen LogP contribution in [0.3, 0.4) is 0 Å². The molecule has 8 nitrogen and oxygen atoms in total. The summed E-state index contributed by atoms with van der Waals surface area (Å²) in [5.41, 5.74) is 0.991. The first-order chi connectivity index (χ1) is 15.9. The minimum Gasteiger partial charge on any atom is -0.352 e. The van der Waals surface area contributed by atoms with Crippen LogP contribution in [-0.4, -0.2) is 67.8 Å². The van der Waals surface area contributed by atoms with E-state index in [9.17, 15) is 18.5 Å². The second kappa shape index (κ2) is 9.89. The van der Waals surface area contributed by atoms with Gasteiger partial charge in [0.25, 0.3) is 5.91 Å². The summed E-state index contributed by atoms with van der Waals surface area (Å²) in [6.45, 7) is 2.17. The van der Waals surface area contributed by atoms with Crippen LogP contribution in [0.4, 0.5) is 5.82 Å². The van der Waals surface area contributed by atoms with Crippen molar-refractivity contribution in [3.8, 4) is 6.07 Å². The Balaban J connectivity index is 1.40. The normalized spacial score (nSPS) is 17.7. The van der Waals surface area contributed by atoms with Gasteiger partial charge >= 0.3 is 0 Å². The van der Waals surface area contributed by atoms with Gasteiger partial charge < -0.3 is 9.80 Å². The van der Waals surface area contributed by atoms with Gasteiger partial charge in [-0.15, -0.1) is 0 Å². The van der Waals surface area contributed by atoms with Gasteiger partial charge in [0.2, 0.25) is 10.0 Å². The monoisotopic (exact) mass is 467 g/mol. The van der Waals surface area contributed by atoms with Gasteiger partial charge in [0.05, 0.1) is 10.5 Å². The summed E-state index contributed by atoms with van der Waals surface area (Å²) < 4.78 is 27.6. The molecule has 9 heteroatoms. The molecule has 1 aromatic heterocycles. The van der Waals surface area contributed by atoms with Crippen molar-refractivity contribution in [1.82, 2.24) is 14.2 Å². The summed E-state index contributed by atoms with van der Waals surface area (Å²) >= 11 is 0. The predicted molar refractivity (Wildman–Crippen MR) is 125 cm³/mol. The second-order valence-corrected chi connectivity index (χ2v) is 10.6. The zero-order valence-corrected chi connectivity index (χ0v) is 19.7. The number of amides is 1. The maximum absolute atomic E-state index is 13.0. The van der Waals surface area contributed by atoms with Gasteiger partial charge in [-0.2, -0.15) is 9.57 Å². The molecule has 1 saturated heterocycles. The zero-order chi connectivity index (χ0) is 23.4. The lowest BCUT2D eigenvalue weighted by molar-refractivity contribution is 0.0746. The van der Waals surface area contributed by atoms with E-state index in [4.69, 9.17) is 0 Å². The van der Waals surface area contributed by atoms with E-state index in [0.29, 0.717) is 43.1 Å². The largest absolute Gasteiger partial charge is 0.352 e. The lowest BCUT2D eigenvalue weighted by Gasteiger charge is -2.35. The highest BCUT2D eigenvalue weighted by atomic mass is 32.2. The number of pyridine rings is 1. The van der Waals surface area contributed by atoms with Gasteiger partial charge in [-0.3, -0.25) is 4.79 Å². The zero-order valence-electron chi connectivity index (χ0n) is 18.9. The Bertz CT molecular complexity index is 1130. The molecule has 2 aliphatic rings. The van der Waals surface area contributed by atoms with Crippen LogP contribution >= 0.6 is 0 Å². The first-order valence-electron chi connectivity index (χ1n) is 11.4. The van der Waals surface area contributed by atoms with Crippen LogP contribution < -0.4 is 4.90 Å². The van der Waals surface area contributed by atoms with Gasteiger partial charge in [0.1, 0.15) is 11.9 Å². The van der Waals surface area contributed by atoms with Crippen LogP contribution in [0.25, 0.3) is 0 Å². The van der Waals surface area contributed by atoms with Crippen LogP contribution in [0.1, 0.15) is 48.0 Å². The molecule has 4 rings (SSSR count). The van der Waals surface area contributed by atoms with Gasteiger partial charge in [0, 0.05) is 51.0 Å². The topological polar surface area (TPSA) is 97.6 Å². The SMILES string of the molecule is CN(C1CCCCC1)S(=O)(=O)c1ccc(C(=O)N2CCN(c3ncccc3C#N)CC2)cc1. The van der Waals surface area contributed by atoms with E-state index >= 15 is 0 Å². The number of hydrogen-bond donors (Lipinski definition) is 0. The third-order valence-corrected chi connectivity index (χ3v) is 8.57. The lowest BCUT2D eigenvalue weighted by atomic mass is 9.96. The van der Waals surface area contributed by atoms with Crippen molar-refractivity contribution in [2.45, 2.75) is 43.0 Å². The summed E-state index contributed by atoms with van der Waals surface area (Å²) in [4.78, 5) is 21.3. The van der Waals surface area contributed by atoms with Crippen molar-refractivity contribution >= 4 is 21.7 Å². The Morgan fingerprint density at radius 2 is 1.73 bits per heavy atom. The number of carbonyl (C=O) groups excluding carboxylic acids is 1. The van der Waals surface area contributed by atoms with E-state index in [0.717, 1.165) is 32.1 Å². The van der Waals surface area contributed by atoms with E-state index < -0.39 is 10.0 Å². The highest BCUT2D eigenvalue weighted by Gasteiger charge is 2.29. The van der Waals surface area contributed by atoms with Gasteiger partial charge in [-0.25, -0.2) is 13.4 Å². The number of sulfonamides is 1. The van der Waals surface area contributed by atoms with Crippen LogP contribution in [0, 0.1) is 11.3 Å². The Hall–Kier alpha value is -2.96. The molecule has 1 aliphatic heterocycles. The number of carbonyl (C=O) groups is 1. The fraction of sp³-hybridized carbons (Fsp3) is 0.458. The smallest absolute Gasteiger partial charge is 0.253 e. The third-order valence-electron chi connectivity index (χ3n) is 6.64. The van der Waals surface area contributed by atoms with Gasteiger partial charge in [-0.1, -0.05) is 19.3 Å². The fourth-order valence-corrected chi connectivity index (χ4v) is 6.03.